The Bertz CT molecular complexity index is 477. The first kappa shape index (κ1) is 15.3. The Balaban J connectivity index is 1.85. The van der Waals surface area contributed by atoms with Gasteiger partial charge in [0.15, 0.2) is 0 Å². The van der Waals surface area contributed by atoms with Gasteiger partial charge >= 0.3 is 0 Å². The fourth-order valence-corrected chi connectivity index (χ4v) is 3.14. The van der Waals surface area contributed by atoms with Crippen LogP contribution in [0.4, 0.5) is 0 Å². The first-order chi connectivity index (χ1) is 9.48. The number of hydrogen-bond donors (Lipinski definition) is 2. The van der Waals surface area contributed by atoms with Crippen LogP contribution in [-0.2, 0) is 11.2 Å². The summed E-state index contributed by atoms with van der Waals surface area (Å²) in [5.41, 5.74) is 0.0732. The van der Waals surface area contributed by atoms with E-state index in [0.717, 1.165) is 31.2 Å². The van der Waals surface area contributed by atoms with E-state index in [1.54, 1.807) is 6.07 Å². The Hall–Kier alpha value is -1.06. The number of benzene rings is 1. The first-order valence-electron chi connectivity index (χ1n) is 7.21. The number of halogens is 1. The average Bonchev–Trinajstić information content (AvgIpc) is 2.39. The van der Waals surface area contributed by atoms with Gasteiger partial charge in [0.2, 0.25) is 5.91 Å². The van der Waals surface area contributed by atoms with Crippen molar-refractivity contribution in [2.75, 3.05) is 6.54 Å². The lowest BCUT2D eigenvalue weighted by atomic mass is 9.79. The summed E-state index contributed by atoms with van der Waals surface area (Å²) >= 11 is 6.03. The molecule has 0 bridgehead atoms. The number of carbonyl (C=O) groups is 1. The minimum Gasteiger partial charge on any atom is -0.388 e. The largest absolute Gasteiger partial charge is 0.388 e. The van der Waals surface area contributed by atoms with Gasteiger partial charge in [0.25, 0.3) is 0 Å². The van der Waals surface area contributed by atoms with Crippen LogP contribution in [0.3, 0.4) is 0 Å². The number of hydrogen-bond acceptors (Lipinski definition) is 2. The summed E-state index contributed by atoms with van der Waals surface area (Å²) in [6.45, 7) is 2.48. The van der Waals surface area contributed by atoms with E-state index in [-0.39, 0.29) is 12.3 Å². The molecule has 4 heteroatoms. The van der Waals surface area contributed by atoms with E-state index in [1.165, 1.54) is 0 Å². The predicted octanol–water partition coefficient (Wildman–Crippen LogP) is 2.94. The molecule has 1 fully saturated rings. The second-order valence-corrected chi connectivity index (χ2v) is 6.38. The highest BCUT2D eigenvalue weighted by atomic mass is 35.5. The van der Waals surface area contributed by atoms with Crippen LogP contribution in [-0.4, -0.2) is 23.2 Å². The third-order valence-electron chi connectivity index (χ3n) is 3.99. The Labute approximate surface area is 125 Å². The van der Waals surface area contributed by atoms with Crippen LogP contribution in [0.1, 0.15) is 38.2 Å². The first-order valence-corrected chi connectivity index (χ1v) is 7.59. The van der Waals surface area contributed by atoms with Crippen LogP contribution < -0.4 is 5.32 Å². The maximum atomic E-state index is 12.0. The summed E-state index contributed by atoms with van der Waals surface area (Å²) in [6, 6.07) is 7.33. The van der Waals surface area contributed by atoms with Gasteiger partial charge in [-0.2, -0.15) is 0 Å². The van der Waals surface area contributed by atoms with E-state index < -0.39 is 5.60 Å². The molecule has 0 radical (unpaired) electrons. The normalized spacial score (nSPS) is 26.2. The fraction of sp³-hybridized carbons (Fsp3) is 0.562. The molecule has 1 aliphatic rings. The van der Waals surface area contributed by atoms with Crippen LogP contribution >= 0.6 is 11.6 Å². The zero-order chi connectivity index (χ0) is 14.6. The summed E-state index contributed by atoms with van der Waals surface area (Å²) in [5, 5.41) is 13.9. The van der Waals surface area contributed by atoms with E-state index in [9.17, 15) is 9.90 Å². The SMILES string of the molecule is CC1CCCC(O)(CNC(=O)Cc2ccccc2Cl)C1. The van der Waals surface area contributed by atoms with Crippen LogP contribution in [0.15, 0.2) is 24.3 Å². The van der Waals surface area contributed by atoms with Crippen molar-refractivity contribution in [1.82, 2.24) is 5.32 Å². The third-order valence-corrected chi connectivity index (χ3v) is 4.36. The number of carbonyl (C=O) groups excluding carboxylic acids is 1. The quantitative estimate of drug-likeness (QED) is 0.897. The molecule has 0 aromatic heterocycles. The highest BCUT2D eigenvalue weighted by Crippen LogP contribution is 2.31. The Morgan fingerprint density at radius 3 is 2.95 bits per heavy atom. The zero-order valence-electron chi connectivity index (χ0n) is 11.9. The second-order valence-electron chi connectivity index (χ2n) is 5.97. The maximum absolute atomic E-state index is 12.0. The minimum absolute atomic E-state index is 0.0928. The predicted molar refractivity (Wildman–Crippen MR) is 80.7 cm³/mol. The van der Waals surface area contributed by atoms with E-state index >= 15 is 0 Å². The van der Waals surface area contributed by atoms with Crippen LogP contribution in [0, 0.1) is 5.92 Å². The molecule has 1 aliphatic carbocycles. The summed E-state index contributed by atoms with van der Waals surface area (Å²) < 4.78 is 0. The molecule has 1 aromatic rings. The lowest BCUT2D eigenvalue weighted by Crippen LogP contribution is -2.46. The fourth-order valence-electron chi connectivity index (χ4n) is 2.93. The van der Waals surface area contributed by atoms with Gasteiger partial charge in [-0.25, -0.2) is 0 Å². The molecule has 0 saturated heterocycles. The molecule has 2 N–H and O–H groups in total. The Kier molecular flexibility index (Phi) is 5.06. The van der Waals surface area contributed by atoms with Gasteiger partial charge in [-0.3, -0.25) is 4.79 Å². The number of rotatable bonds is 4. The topological polar surface area (TPSA) is 49.3 Å². The number of amides is 1. The van der Waals surface area contributed by atoms with E-state index in [2.05, 4.69) is 12.2 Å². The van der Waals surface area contributed by atoms with Gasteiger partial charge in [-0.05, 0) is 30.4 Å². The van der Waals surface area contributed by atoms with Crippen molar-refractivity contribution in [1.29, 1.82) is 0 Å². The van der Waals surface area contributed by atoms with Crippen molar-refractivity contribution < 1.29 is 9.90 Å². The standard InChI is InChI=1S/C16H22ClNO2/c1-12-5-4-8-16(20,10-12)11-18-15(19)9-13-6-2-3-7-14(13)17/h2-3,6-7,12,20H,4-5,8-11H2,1H3,(H,18,19). The molecule has 2 atom stereocenters. The summed E-state index contributed by atoms with van der Waals surface area (Å²) in [5.74, 6) is 0.430. The van der Waals surface area contributed by atoms with Gasteiger partial charge in [-0.15, -0.1) is 0 Å². The van der Waals surface area contributed by atoms with Crippen molar-refractivity contribution in [3.8, 4) is 0 Å². The molecule has 3 nitrogen and oxygen atoms in total. The van der Waals surface area contributed by atoms with Gasteiger partial charge in [-0.1, -0.05) is 49.6 Å². The highest BCUT2D eigenvalue weighted by molar-refractivity contribution is 6.31. The summed E-state index contributed by atoms with van der Waals surface area (Å²) in [7, 11) is 0. The van der Waals surface area contributed by atoms with Crippen molar-refractivity contribution >= 4 is 17.5 Å². The van der Waals surface area contributed by atoms with Gasteiger partial charge in [0.05, 0.1) is 12.0 Å². The molecular formula is C16H22ClNO2. The molecule has 110 valence electrons. The molecular weight excluding hydrogens is 274 g/mol. The van der Waals surface area contributed by atoms with Crippen molar-refractivity contribution in [3.63, 3.8) is 0 Å². The summed E-state index contributed by atoms with van der Waals surface area (Å²) in [6.07, 6.45) is 3.97. The average molecular weight is 296 g/mol. The monoisotopic (exact) mass is 295 g/mol. The smallest absolute Gasteiger partial charge is 0.224 e. The lowest BCUT2D eigenvalue weighted by Gasteiger charge is -2.35. The molecule has 1 aromatic carbocycles. The minimum atomic E-state index is -0.742. The third kappa shape index (κ3) is 4.22. The molecule has 0 heterocycles. The molecule has 2 unspecified atom stereocenters. The molecule has 20 heavy (non-hydrogen) atoms. The van der Waals surface area contributed by atoms with E-state index in [1.807, 2.05) is 18.2 Å². The number of aliphatic hydroxyl groups is 1. The Morgan fingerprint density at radius 1 is 1.50 bits per heavy atom. The maximum Gasteiger partial charge on any atom is 0.224 e. The van der Waals surface area contributed by atoms with Crippen LogP contribution in [0.5, 0.6) is 0 Å². The molecule has 0 spiro atoms. The van der Waals surface area contributed by atoms with Gasteiger partial charge in [0.1, 0.15) is 0 Å². The van der Waals surface area contributed by atoms with Gasteiger partial charge < -0.3 is 10.4 Å². The van der Waals surface area contributed by atoms with Gasteiger partial charge in [0, 0.05) is 11.6 Å². The molecule has 2 rings (SSSR count). The van der Waals surface area contributed by atoms with Crippen molar-refractivity contribution in [2.45, 2.75) is 44.6 Å². The van der Waals surface area contributed by atoms with Crippen molar-refractivity contribution in [2.24, 2.45) is 5.92 Å². The summed E-state index contributed by atoms with van der Waals surface area (Å²) in [4.78, 5) is 12.0. The highest BCUT2D eigenvalue weighted by Gasteiger charge is 2.32. The molecule has 1 amide bonds. The molecule has 1 saturated carbocycles. The second kappa shape index (κ2) is 6.59. The van der Waals surface area contributed by atoms with Crippen LogP contribution in [0.25, 0.3) is 0 Å². The van der Waals surface area contributed by atoms with Crippen LogP contribution in [0.2, 0.25) is 5.02 Å². The van der Waals surface area contributed by atoms with E-state index in [4.69, 9.17) is 11.6 Å². The Morgan fingerprint density at radius 2 is 2.25 bits per heavy atom. The van der Waals surface area contributed by atoms with E-state index in [0.29, 0.717) is 17.5 Å². The molecule has 0 aliphatic heterocycles. The lowest BCUT2D eigenvalue weighted by molar-refractivity contribution is -0.122. The van der Waals surface area contributed by atoms with Crippen molar-refractivity contribution in [3.05, 3.63) is 34.9 Å². The zero-order valence-corrected chi connectivity index (χ0v) is 12.6. The number of nitrogens with one attached hydrogen (secondary N) is 1.